The van der Waals surface area contributed by atoms with Crippen LogP contribution in [-0.2, 0) is 0 Å². The third-order valence-electron chi connectivity index (χ3n) is 2.61. The second-order valence-corrected chi connectivity index (χ2v) is 7.45. The van der Waals surface area contributed by atoms with Gasteiger partial charge in [-0.15, -0.1) is 11.3 Å². The minimum atomic E-state index is 0.177. The van der Waals surface area contributed by atoms with Gasteiger partial charge in [-0.3, -0.25) is 0 Å². The molecule has 0 fully saturated rings. The van der Waals surface area contributed by atoms with Crippen molar-refractivity contribution in [2.24, 2.45) is 0 Å². The fourth-order valence-electron chi connectivity index (χ4n) is 1.84. The Balaban J connectivity index is 2.42. The number of nitrogens with one attached hydrogen (secondary N) is 1. The fourth-order valence-corrected chi connectivity index (χ4v) is 4.74. The summed E-state index contributed by atoms with van der Waals surface area (Å²) in [5.41, 5.74) is 2.44. The second kappa shape index (κ2) is 5.69. The minimum Gasteiger partial charge on any atom is -0.469 e. The van der Waals surface area contributed by atoms with Crippen LogP contribution in [-0.4, -0.2) is 6.54 Å². The van der Waals surface area contributed by atoms with Gasteiger partial charge in [-0.05, 0) is 63.0 Å². The Labute approximate surface area is 122 Å². The number of hydrogen-bond donors (Lipinski definition) is 1. The average Bonchev–Trinajstić information content (AvgIpc) is 2.82. The summed E-state index contributed by atoms with van der Waals surface area (Å²) in [6, 6.07) is 4.35. The van der Waals surface area contributed by atoms with Gasteiger partial charge in [0.1, 0.15) is 5.76 Å². The van der Waals surface area contributed by atoms with E-state index in [4.69, 9.17) is 4.42 Å². The standard InChI is InChI=1S/C12H13Br2NOS/c1-3-15-11(8-4-5-16-7(8)2)9-6-10(13)17-12(9)14/h4-6,11,15H,3H2,1-2H3. The highest BCUT2D eigenvalue weighted by molar-refractivity contribution is 9.12. The van der Waals surface area contributed by atoms with E-state index in [-0.39, 0.29) is 6.04 Å². The molecule has 0 bridgehead atoms. The summed E-state index contributed by atoms with van der Waals surface area (Å²) in [4.78, 5) is 0. The van der Waals surface area contributed by atoms with Crippen LogP contribution in [0.25, 0.3) is 0 Å². The summed E-state index contributed by atoms with van der Waals surface area (Å²) < 4.78 is 7.67. The molecule has 2 aromatic heterocycles. The van der Waals surface area contributed by atoms with E-state index in [0.717, 1.165) is 19.9 Å². The van der Waals surface area contributed by atoms with Crippen molar-refractivity contribution in [2.75, 3.05) is 6.54 Å². The zero-order valence-corrected chi connectivity index (χ0v) is 13.6. The molecule has 5 heteroatoms. The average molecular weight is 379 g/mol. The van der Waals surface area contributed by atoms with Gasteiger partial charge < -0.3 is 9.73 Å². The Bertz CT molecular complexity index is 506. The Morgan fingerprint density at radius 3 is 2.65 bits per heavy atom. The van der Waals surface area contributed by atoms with E-state index in [1.54, 1.807) is 17.6 Å². The molecule has 1 unspecified atom stereocenters. The second-order valence-electron chi connectivity index (χ2n) is 3.70. The Morgan fingerprint density at radius 2 is 2.18 bits per heavy atom. The quantitative estimate of drug-likeness (QED) is 0.820. The van der Waals surface area contributed by atoms with Crippen LogP contribution in [0.15, 0.2) is 30.4 Å². The first-order valence-electron chi connectivity index (χ1n) is 5.35. The molecular weight excluding hydrogens is 366 g/mol. The SMILES string of the molecule is CCNC(c1ccoc1C)c1cc(Br)sc1Br. The lowest BCUT2D eigenvalue weighted by Gasteiger charge is -2.17. The first-order valence-corrected chi connectivity index (χ1v) is 7.75. The normalized spacial score (nSPS) is 12.9. The summed E-state index contributed by atoms with van der Waals surface area (Å²) in [5, 5.41) is 3.49. The molecule has 0 radical (unpaired) electrons. The lowest BCUT2D eigenvalue weighted by molar-refractivity contribution is 0.520. The Hall–Kier alpha value is -0.100. The highest BCUT2D eigenvalue weighted by Gasteiger charge is 2.21. The van der Waals surface area contributed by atoms with Gasteiger partial charge in [0, 0.05) is 5.56 Å². The predicted octanol–water partition coefficient (Wildman–Crippen LogP) is 4.87. The summed E-state index contributed by atoms with van der Waals surface area (Å²) >= 11 is 8.83. The summed E-state index contributed by atoms with van der Waals surface area (Å²) in [5.74, 6) is 0.963. The molecule has 1 N–H and O–H groups in total. The molecule has 2 nitrogen and oxygen atoms in total. The minimum absolute atomic E-state index is 0.177. The van der Waals surface area contributed by atoms with Crippen LogP contribution in [0.1, 0.15) is 29.9 Å². The number of furan rings is 1. The van der Waals surface area contributed by atoms with Crippen LogP contribution < -0.4 is 5.32 Å². The van der Waals surface area contributed by atoms with Crippen molar-refractivity contribution in [1.82, 2.24) is 5.32 Å². The van der Waals surface area contributed by atoms with Crippen LogP contribution in [0, 0.1) is 6.92 Å². The van der Waals surface area contributed by atoms with Gasteiger partial charge in [-0.25, -0.2) is 0 Å². The predicted molar refractivity (Wildman–Crippen MR) is 78.7 cm³/mol. The molecule has 2 rings (SSSR count). The van der Waals surface area contributed by atoms with Crippen LogP contribution in [0.3, 0.4) is 0 Å². The number of aryl methyl sites for hydroxylation is 1. The van der Waals surface area contributed by atoms with Crippen LogP contribution in [0.4, 0.5) is 0 Å². The summed E-state index contributed by atoms with van der Waals surface area (Å²) in [7, 11) is 0. The van der Waals surface area contributed by atoms with Crippen molar-refractivity contribution in [1.29, 1.82) is 0 Å². The zero-order valence-electron chi connectivity index (χ0n) is 9.59. The van der Waals surface area contributed by atoms with Gasteiger partial charge in [0.15, 0.2) is 0 Å². The molecule has 0 spiro atoms. The lowest BCUT2D eigenvalue weighted by atomic mass is 10.0. The molecule has 0 aliphatic rings. The maximum absolute atomic E-state index is 5.40. The molecule has 2 heterocycles. The van der Waals surface area contributed by atoms with Crippen molar-refractivity contribution in [3.8, 4) is 0 Å². The highest BCUT2D eigenvalue weighted by Crippen LogP contribution is 2.38. The molecular formula is C12H13Br2NOS. The third kappa shape index (κ3) is 2.84. The van der Waals surface area contributed by atoms with Crippen LogP contribution in [0.2, 0.25) is 0 Å². The topological polar surface area (TPSA) is 25.2 Å². The van der Waals surface area contributed by atoms with E-state index in [0.29, 0.717) is 0 Å². The maximum atomic E-state index is 5.40. The summed E-state index contributed by atoms with van der Waals surface area (Å²) in [6.07, 6.45) is 1.74. The van der Waals surface area contributed by atoms with Crippen molar-refractivity contribution in [3.63, 3.8) is 0 Å². The maximum Gasteiger partial charge on any atom is 0.105 e. The van der Waals surface area contributed by atoms with Crippen LogP contribution >= 0.6 is 43.2 Å². The van der Waals surface area contributed by atoms with E-state index >= 15 is 0 Å². The molecule has 0 aromatic carbocycles. The molecule has 92 valence electrons. The summed E-state index contributed by atoms with van der Waals surface area (Å²) in [6.45, 7) is 5.02. The number of thiophene rings is 1. The lowest BCUT2D eigenvalue weighted by Crippen LogP contribution is -2.22. The van der Waals surface area contributed by atoms with Gasteiger partial charge in [0.2, 0.25) is 0 Å². The molecule has 0 aliphatic carbocycles. The molecule has 0 aliphatic heterocycles. The molecule has 2 aromatic rings. The zero-order chi connectivity index (χ0) is 12.4. The molecule has 1 atom stereocenters. The third-order valence-corrected chi connectivity index (χ3v) is 5.00. The van der Waals surface area contributed by atoms with Crippen molar-refractivity contribution >= 4 is 43.2 Å². The van der Waals surface area contributed by atoms with E-state index in [9.17, 15) is 0 Å². The monoisotopic (exact) mass is 377 g/mol. The van der Waals surface area contributed by atoms with Gasteiger partial charge in [0.05, 0.1) is 19.9 Å². The number of hydrogen-bond acceptors (Lipinski definition) is 3. The molecule has 0 amide bonds. The van der Waals surface area contributed by atoms with Crippen molar-refractivity contribution < 1.29 is 4.42 Å². The largest absolute Gasteiger partial charge is 0.469 e. The van der Waals surface area contributed by atoms with Crippen molar-refractivity contribution in [2.45, 2.75) is 19.9 Å². The highest BCUT2D eigenvalue weighted by atomic mass is 79.9. The van der Waals surface area contributed by atoms with E-state index < -0.39 is 0 Å². The smallest absolute Gasteiger partial charge is 0.105 e. The first-order chi connectivity index (χ1) is 8.13. The van der Waals surface area contributed by atoms with Gasteiger partial charge >= 0.3 is 0 Å². The first kappa shape index (κ1) is 13.3. The fraction of sp³-hybridized carbons (Fsp3) is 0.333. The molecule has 17 heavy (non-hydrogen) atoms. The van der Waals surface area contributed by atoms with Crippen LogP contribution in [0.5, 0.6) is 0 Å². The van der Waals surface area contributed by atoms with Crippen molar-refractivity contribution in [3.05, 3.63) is 42.9 Å². The number of halogens is 2. The van der Waals surface area contributed by atoms with Gasteiger partial charge in [-0.2, -0.15) is 0 Å². The Morgan fingerprint density at radius 1 is 1.41 bits per heavy atom. The molecule has 0 saturated carbocycles. The van der Waals surface area contributed by atoms with E-state index in [1.165, 1.54) is 11.1 Å². The Kier molecular flexibility index (Phi) is 4.47. The van der Waals surface area contributed by atoms with Gasteiger partial charge in [-0.1, -0.05) is 6.92 Å². The van der Waals surface area contributed by atoms with Gasteiger partial charge in [0.25, 0.3) is 0 Å². The molecule has 0 saturated heterocycles. The van der Waals surface area contributed by atoms with E-state index in [2.05, 4.69) is 50.2 Å². The number of rotatable bonds is 4. The van der Waals surface area contributed by atoms with E-state index in [1.807, 2.05) is 13.0 Å².